The molecule has 2 N–H and O–H groups in total. The number of pyridine rings is 1. The molecule has 0 atom stereocenters. The number of ether oxygens (including phenoxy) is 1. The fourth-order valence-corrected chi connectivity index (χ4v) is 1.35. The highest BCUT2D eigenvalue weighted by Gasteiger charge is 2.21. The van der Waals surface area contributed by atoms with Crippen LogP contribution < -0.4 is 10.1 Å². The minimum absolute atomic E-state index is 0.0643. The van der Waals surface area contributed by atoms with Gasteiger partial charge in [-0.15, -0.1) is 0 Å². The van der Waals surface area contributed by atoms with E-state index < -0.39 is 5.97 Å². The molecule has 104 valence electrons. The molecule has 0 bridgehead atoms. The third-order valence-electron chi connectivity index (χ3n) is 2.87. The van der Waals surface area contributed by atoms with E-state index in [1.165, 1.54) is 19.4 Å². The van der Waals surface area contributed by atoms with Crippen LogP contribution in [0, 0.1) is 0 Å². The maximum absolute atomic E-state index is 12.0. The van der Waals surface area contributed by atoms with Crippen LogP contribution in [0.4, 0.5) is 0 Å². The van der Waals surface area contributed by atoms with E-state index in [9.17, 15) is 9.59 Å². The second kappa shape index (κ2) is 5.69. The molecule has 6 heteroatoms. The molecular formula is C13H18N2O4. The Morgan fingerprint density at radius 2 is 2.11 bits per heavy atom. The molecule has 0 saturated heterocycles. The maximum Gasteiger partial charge on any atom is 0.358 e. The zero-order valence-corrected chi connectivity index (χ0v) is 11.5. The van der Waals surface area contributed by atoms with Crippen molar-refractivity contribution < 1.29 is 19.4 Å². The van der Waals surface area contributed by atoms with Gasteiger partial charge in [-0.3, -0.25) is 4.79 Å². The van der Waals surface area contributed by atoms with Crippen LogP contribution in [0.1, 0.15) is 48.0 Å². The minimum atomic E-state index is -1.20. The fraction of sp³-hybridized carbons (Fsp3) is 0.462. The number of carboxylic acids is 1. The Balaban J connectivity index is 3.03. The molecule has 0 aromatic carbocycles. The molecule has 6 nitrogen and oxygen atoms in total. The zero-order chi connectivity index (χ0) is 14.6. The first-order valence-electron chi connectivity index (χ1n) is 5.90. The Kier molecular flexibility index (Phi) is 4.47. The molecule has 0 unspecified atom stereocenters. The quantitative estimate of drug-likeness (QED) is 0.846. The first kappa shape index (κ1) is 14.9. The van der Waals surface area contributed by atoms with E-state index in [4.69, 9.17) is 9.84 Å². The third kappa shape index (κ3) is 3.67. The lowest BCUT2D eigenvalue weighted by Crippen LogP contribution is -2.42. The molecule has 19 heavy (non-hydrogen) atoms. The molecule has 0 spiro atoms. The summed E-state index contributed by atoms with van der Waals surface area (Å²) in [6, 6.07) is 1.37. The van der Waals surface area contributed by atoms with Crippen LogP contribution >= 0.6 is 0 Å². The normalized spacial score (nSPS) is 10.9. The van der Waals surface area contributed by atoms with Crippen LogP contribution in [0.5, 0.6) is 5.75 Å². The molecule has 0 fully saturated rings. The zero-order valence-electron chi connectivity index (χ0n) is 11.5. The molecule has 0 saturated carbocycles. The molecule has 1 amide bonds. The third-order valence-corrected chi connectivity index (χ3v) is 2.87. The number of carbonyl (C=O) groups excluding carboxylic acids is 1. The van der Waals surface area contributed by atoms with E-state index >= 15 is 0 Å². The summed E-state index contributed by atoms with van der Waals surface area (Å²) in [7, 11) is 1.33. The number of carbonyl (C=O) groups is 2. The predicted molar refractivity (Wildman–Crippen MR) is 69.6 cm³/mol. The van der Waals surface area contributed by atoms with Gasteiger partial charge in [0, 0.05) is 11.7 Å². The Bertz CT molecular complexity index is 497. The number of amides is 1. The van der Waals surface area contributed by atoms with Crippen LogP contribution in [-0.4, -0.2) is 34.6 Å². The van der Waals surface area contributed by atoms with Crippen molar-refractivity contribution in [1.29, 1.82) is 0 Å². The van der Waals surface area contributed by atoms with Gasteiger partial charge in [-0.2, -0.15) is 0 Å². The van der Waals surface area contributed by atoms with Gasteiger partial charge in [0.25, 0.3) is 5.91 Å². The molecule has 1 aromatic rings. The lowest BCUT2D eigenvalue weighted by atomic mass is 10.0. The van der Waals surface area contributed by atoms with Gasteiger partial charge in [-0.05, 0) is 26.3 Å². The van der Waals surface area contributed by atoms with E-state index in [0.29, 0.717) is 0 Å². The lowest BCUT2D eigenvalue weighted by molar-refractivity contribution is 0.0685. The van der Waals surface area contributed by atoms with Crippen molar-refractivity contribution in [3.05, 3.63) is 23.5 Å². The molecule has 1 rings (SSSR count). The van der Waals surface area contributed by atoms with Gasteiger partial charge in [0.1, 0.15) is 0 Å². The number of hydrogen-bond acceptors (Lipinski definition) is 4. The number of aromatic nitrogens is 1. The van der Waals surface area contributed by atoms with Gasteiger partial charge in [-0.1, -0.05) is 6.92 Å². The van der Waals surface area contributed by atoms with Crippen molar-refractivity contribution >= 4 is 11.9 Å². The van der Waals surface area contributed by atoms with E-state index in [0.717, 1.165) is 6.42 Å². The average molecular weight is 266 g/mol. The topological polar surface area (TPSA) is 88.5 Å². The van der Waals surface area contributed by atoms with Gasteiger partial charge in [0.05, 0.1) is 12.7 Å². The van der Waals surface area contributed by atoms with Crippen molar-refractivity contribution in [3.8, 4) is 5.75 Å². The van der Waals surface area contributed by atoms with Crippen LogP contribution in [0.2, 0.25) is 0 Å². The summed E-state index contributed by atoms with van der Waals surface area (Å²) in [6.45, 7) is 5.77. The number of rotatable bonds is 5. The molecular weight excluding hydrogens is 248 g/mol. The van der Waals surface area contributed by atoms with Crippen molar-refractivity contribution in [3.63, 3.8) is 0 Å². The van der Waals surface area contributed by atoms with Crippen LogP contribution in [0.25, 0.3) is 0 Å². The van der Waals surface area contributed by atoms with E-state index in [2.05, 4.69) is 10.3 Å². The lowest BCUT2D eigenvalue weighted by Gasteiger charge is -2.24. The standard InChI is InChI=1S/C13H18N2O4/c1-5-13(2,3)15-11(16)8-6-9(19-4)10(12(17)18)14-7-8/h6-7H,5H2,1-4H3,(H,15,16)(H,17,18). The van der Waals surface area contributed by atoms with Gasteiger partial charge >= 0.3 is 5.97 Å². The number of methoxy groups -OCH3 is 1. The Hall–Kier alpha value is -2.11. The van der Waals surface area contributed by atoms with Gasteiger partial charge < -0.3 is 15.2 Å². The van der Waals surface area contributed by atoms with Gasteiger partial charge in [-0.25, -0.2) is 9.78 Å². The minimum Gasteiger partial charge on any atom is -0.494 e. The number of hydrogen-bond donors (Lipinski definition) is 2. The highest BCUT2D eigenvalue weighted by atomic mass is 16.5. The molecule has 1 heterocycles. The van der Waals surface area contributed by atoms with Crippen molar-refractivity contribution in [2.75, 3.05) is 7.11 Å². The van der Waals surface area contributed by atoms with E-state index in [1.54, 1.807) is 0 Å². The second-order valence-corrected chi connectivity index (χ2v) is 4.77. The number of nitrogens with one attached hydrogen (secondary N) is 1. The van der Waals surface area contributed by atoms with Crippen molar-refractivity contribution in [2.24, 2.45) is 0 Å². The monoisotopic (exact) mass is 266 g/mol. The highest BCUT2D eigenvalue weighted by molar-refractivity contribution is 5.96. The molecule has 0 aliphatic rings. The van der Waals surface area contributed by atoms with Crippen molar-refractivity contribution in [1.82, 2.24) is 10.3 Å². The van der Waals surface area contributed by atoms with Gasteiger partial charge in [0.15, 0.2) is 11.4 Å². The number of aromatic carboxylic acids is 1. The molecule has 1 aromatic heterocycles. The summed E-state index contributed by atoms with van der Waals surface area (Å²) in [5.74, 6) is -1.44. The Morgan fingerprint density at radius 3 is 2.58 bits per heavy atom. The molecule has 0 radical (unpaired) electrons. The predicted octanol–water partition coefficient (Wildman–Crippen LogP) is 1.71. The molecule has 0 aliphatic carbocycles. The molecule has 0 aliphatic heterocycles. The summed E-state index contributed by atoms with van der Waals surface area (Å²) in [6.07, 6.45) is 2.00. The van der Waals surface area contributed by atoms with Crippen LogP contribution in [-0.2, 0) is 0 Å². The van der Waals surface area contributed by atoms with E-state index in [1.807, 2.05) is 20.8 Å². The number of nitrogens with zero attached hydrogens (tertiary/aromatic N) is 1. The second-order valence-electron chi connectivity index (χ2n) is 4.77. The summed E-state index contributed by atoms with van der Waals surface area (Å²) in [5.41, 5.74) is -0.285. The first-order valence-corrected chi connectivity index (χ1v) is 5.90. The largest absolute Gasteiger partial charge is 0.494 e. The summed E-state index contributed by atoms with van der Waals surface area (Å²) >= 11 is 0. The average Bonchev–Trinajstić information content (AvgIpc) is 2.37. The Labute approximate surface area is 111 Å². The smallest absolute Gasteiger partial charge is 0.358 e. The summed E-state index contributed by atoms with van der Waals surface area (Å²) < 4.78 is 4.93. The SMILES string of the molecule is CCC(C)(C)NC(=O)c1cnc(C(=O)O)c(OC)c1. The summed E-state index contributed by atoms with van der Waals surface area (Å²) in [5, 5.41) is 11.7. The van der Waals surface area contributed by atoms with Crippen LogP contribution in [0.3, 0.4) is 0 Å². The summed E-state index contributed by atoms with van der Waals surface area (Å²) in [4.78, 5) is 26.6. The van der Waals surface area contributed by atoms with Crippen LogP contribution in [0.15, 0.2) is 12.3 Å². The number of carboxylic acid groups (broad SMARTS) is 1. The maximum atomic E-state index is 12.0. The van der Waals surface area contributed by atoms with Crippen molar-refractivity contribution in [2.45, 2.75) is 32.7 Å². The Morgan fingerprint density at radius 1 is 1.47 bits per heavy atom. The highest BCUT2D eigenvalue weighted by Crippen LogP contribution is 2.18. The van der Waals surface area contributed by atoms with Gasteiger partial charge in [0.2, 0.25) is 0 Å². The van der Waals surface area contributed by atoms with E-state index in [-0.39, 0.29) is 28.5 Å². The fourth-order valence-electron chi connectivity index (χ4n) is 1.35. The first-order chi connectivity index (χ1) is 8.80.